The van der Waals surface area contributed by atoms with Gasteiger partial charge in [-0.15, -0.1) is 0 Å². The average Bonchev–Trinajstić information content (AvgIpc) is 2.76. The van der Waals surface area contributed by atoms with E-state index in [-0.39, 0.29) is 19.0 Å². The number of hydrogen-bond donors (Lipinski definition) is 1. The lowest BCUT2D eigenvalue weighted by Gasteiger charge is -2.33. The normalized spacial score (nSPS) is 12.1. The van der Waals surface area contributed by atoms with E-state index in [2.05, 4.69) is 5.32 Å². The van der Waals surface area contributed by atoms with E-state index in [9.17, 15) is 18.0 Å². The molecule has 0 aliphatic heterocycles. The lowest BCUT2D eigenvalue weighted by atomic mass is 10.1. The van der Waals surface area contributed by atoms with Crippen molar-refractivity contribution in [2.45, 2.75) is 59.5 Å². The summed E-state index contributed by atoms with van der Waals surface area (Å²) in [6, 6.07) is 14.1. The van der Waals surface area contributed by atoms with Crippen molar-refractivity contribution < 1.29 is 18.0 Å². The first-order chi connectivity index (χ1) is 16.1. The molecule has 0 aliphatic rings. The minimum Gasteiger partial charge on any atom is -0.354 e. The van der Waals surface area contributed by atoms with Crippen LogP contribution in [0.25, 0.3) is 0 Å². The van der Waals surface area contributed by atoms with Gasteiger partial charge in [0.1, 0.15) is 12.6 Å². The van der Waals surface area contributed by atoms with Gasteiger partial charge in [-0.3, -0.25) is 13.9 Å². The number of aryl methyl sites for hydroxylation is 2. The third-order valence-corrected chi connectivity index (χ3v) is 6.76. The molecule has 34 heavy (non-hydrogen) atoms. The van der Waals surface area contributed by atoms with E-state index in [4.69, 9.17) is 0 Å². The van der Waals surface area contributed by atoms with Crippen LogP contribution in [0, 0.1) is 13.8 Å². The molecule has 0 spiro atoms. The van der Waals surface area contributed by atoms with Crippen LogP contribution in [0.15, 0.2) is 48.5 Å². The van der Waals surface area contributed by atoms with Crippen LogP contribution < -0.4 is 9.62 Å². The number of carbonyl (C=O) groups excluding carboxylic acids is 2. The topological polar surface area (TPSA) is 86.8 Å². The molecule has 8 heteroatoms. The molecule has 186 valence electrons. The molecule has 0 saturated carbocycles. The van der Waals surface area contributed by atoms with Crippen LogP contribution in [0.1, 0.15) is 49.8 Å². The summed E-state index contributed by atoms with van der Waals surface area (Å²) < 4.78 is 26.4. The first kappa shape index (κ1) is 27.4. The molecule has 2 aromatic rings. The van der Waals surface area contributed by atoms with E-state index in [0.29, 0.717) is 18.7 Å². The SMILES string of the molecule is CCCCNC(=O)C(CC)N(Cc1cccc(C)c1)C(=O)CN(c1cccc(C)c1)S(C)(=O)=O. The molecule has 0 aliphatic carbocycles. The molecule has 1 unspecified atom stereocenters. The maximum Gasteiger partial charge on any atom is 0.244 e. The average molecular weight is 488 g/mol. The van der Waals surface area contributed by atoms with Gasteiger partial charge in [0.2, 0.25) is 21.8 Å². The van der Waals surface area contributed by atoms with E-state index in [1.165, 1.54) is 4.90 Å². The van der Waals surface area contributed by atoms with Crippen molar-refractivity contribution in [1.29, 1.82) is 0 Å². The van der Waals surface area contributed by atoms with Crippen molar-refractivity contribution in [3.63, 3.8) is 0 Å². The van der Waals surface area contributed by atoms with E-state index < -0.39 is 22.0 Å². The standard InChI is InChI=1S/C26H37N3O4S/c1-6-8-15-27-26(31)24(7-2)28(18-22-13-9-11-20(3)16-22)25(30)19-29(34(5,32)33)23-14-10-12-21(4)17-23/h9-14,16-17,24H,6-8,15,18-19H2,1-5H3,(H,27,31). The number of nitrogens with one attached hydrogen (secondary N) is 1. The highest BCUT2D eigenvalue weighted by Crippen LogP contribution is 2.21. The predicted molar refractivity (Wildman–Crippen MR) is 137 cm³/mol. The van der Waals surface area contributed by atoms with E-state index >= 15 is 0 Å². The molecular formula is C26H37N3O4S. The molecule has 0 aromatic heterocycles. The number of sulfonamides is 1. The summed E-state index contributed by atoms with van der Waals surface area (Å²) in [7, 11) is -3.73. The Morgan fingerprint density at radius 2 is 1.65 bits per heavy atom. The molecule has 0 radical (unpaired) electrons. The molecule has 2 amide bonds. The molecule has 2 aromatic carbocycles. The van der Waals surface area contributed by atoms with Crippen LogP contribution in [0.5, 0.6) is 0 Å². The van der Waals surface area contributed by atoms with E-state index in [1.54, 1.807) is 18.2 Å². The van der Waals surface area contributed by atoms with Gasteiger partial charge < -0.3 is 10.2 Å². The minimum absolute atomic E-state index is 0.214. The smallest absolute Gasteiger partial charge is 0.244 e. The summed E-state index contributed by atoms with van der Waals surface area (Å²) in [5, 5.41) is 2.93. The number of carbonyl (C=O) groups is 2. The van der Waals surface area contributed by atoms with Crippen molar-refractivity contribution >= 4 is 27.5 Å². The fourth-order valence-corrected chi connectivity index (χ4v) is 4.67. The zero-order valence-electron chi connectivity index (χ0n) is 20.9. The third-order valence-electron chi connectivity index (χ3n) is 5.62. The first-order valence-corrected chi connectivity index (χ1v) is 13.6. The molecule has 0 bridgehead atoms. The van der Waals surface area contributed by atoms with E-state index in [1.807, 2.05) is 58.0 Å². The lowest BCUT2D eigenvalue weighted by molar-refractivity contribution is -0.140. The Morgan fingerprint density at radius 1 is 1.00 bits per heavy atom. The van der Waals surface area contributed by atoms with Crippen LogP contribution in [0.4, 0.5) is 5.69 Å². The van der Waals surface area contributed by atoms with Gasteiger partial charge in [0.15, 0.2) is 0 Å². The Hall–Kier alpha value is -2.87. The minimum atomic E-state index is -3.73. The number of unbranched alkanes of at least 4 members (excludes halogenated alkanes) is 1. The Balaban J connectivity index is 2.40. The second-order valence-electron chi connectivity index (χ2n) is 8.69. The van der Waals surface area contributed by atoms with Gasteiger partial charge in [-0.2, -0.15) is 0 Å². The van der Waals surface area contributed by atoms with Crippen molar-refractivity contribution in [2.75, 3.05) is 23.7 Å². The first-order valence-electron chi connectivity index (χ1n) is 11.7. The Morgan fingerprint density at radius 3 is 2.21 bits per heavy atom. The van der Waals surface area contributed by atoms with Crippen LogP contribution >= 0.6 is 0 Å². The molecular weight excluding hydrogens is 450 g/mol. The zero-order valence-corrected chi connectivity index (χ0v) is 21.7. The van der Waals surface area contributed by atoms with Crippen molar-refractivity contribution in [3.8, 4) is 0 Å². The lowest BCUT2D eigenvalue weighted by Crippen LogP contribution is -2.52. The summed E-state index contributed by atoms with van der Waals surface area (Å²) in [5.41, 5.74) is 3.24. The highest BCUT2D eigenvalue weighted by atomic mass is 32.2. The van der Waals surface area contributed by atoms with Gasteiger partial charge in [-0.05, 0) is 49.9 Å². The number of benzene rings is 2. The van der Waals surface area contributed by atoms with Gasteiger partial charge in [0, 0.05) is 13.1 Å². The maximum atomic E-state index is 13.6. The molecule has 1 N–H and O–H groups in total. The number of hydrogen-bond acceptors (Lipinski definition) is 4. The number of anilines is 1. The van der Waals surface area contributed by atoms with E-state index in [0.717, 1.165) is 40.1 Å². The highest BCUT2D eigenvalue weighted by molar-refractivity contribution is 7.92. The van der Waals surface area contributed by atoms with Gasteiger partial charge in [-0.1, -0.05) is 62.2 Å². The van der Waals surface area contributed by atoms with Gasteiger partial charge in [-0.25, -0.2) is 8.42 Å². The predicted octanol–water partition coefficient (Wildman–Crippen LogP) is 3.79. The van der Waals surface area contributed by atoms with Crippen LogP contribution in [0.3, 0.4) is 0 Å². The van der Waals surface area contributed by atoms with Crippen molar-refractivity contribution in [2.24, 2.45) is 0 Å². The van der Waals surface area contributed by atoms with Gasteiger partial charge >= 0.3 is 0 Å². The van der Waals surface area contributed by atoms with Crippen LogP contribution in [0.2, 0.25) is 0 Å². The number of nitrogens with zero attached hydrogens (tertiary/aromatic N) is 2. The Labute approximate surface area is 204 Å². The summed E-state index contributed by atoms with van der Waals surface area (Å²) in [6.07, 6.45) is 3.30. The number of amides is 2. The molecule has 0 fully saturated rings. The quantitative estimate of drug-likeness (QED) is 0.462. The van der Waals surface area contributed by atoms with Gasteiger partial charge in [0.05, 0.1) is 11.9 Å². The summed E-state index contributed by atoms with van der Waals surface area (Å²) >= 11 is 0. The maximum absolute atomic E-state index is 13.6. The second kappa shape index (κ2) is 12.6. The molecule has 0 saturated heterocycles. The molecule has 7 nitrogen and oxygen atoms in total. The highest BCUT2D eigenvalue weighted by Gasteiger charge is 2.31. The summed E-state index contributed by atoms with van der Waals surface area (Å²) in [6.45, 7) is 8.10. The van der Waals surface area contributed by atoms with Crippen LogP contribution in [-0.2, 0) is 26.2 Å². The zero-order chi connectivity index (χ0) is 25.3. The van der Waals surface area contributed by atoms with Gasteiger partial charge in [0.25, 0.3) is 0 Å². The van der Waals surface area contributed by atoms with Crippen molar-refractivity contribution in [3.05, 3.63) is 65.2 Å². The molecule has 1 atom stereocenters. The summed E-state index contributed by atoms with van der Waals surface area (Å²) in [4.78, 5) is 28.1. The Bertz CT molecular complexity index is 1080. The fraction of sp³-hybridized carbons (Fsp3) is 0.462. The molecule has 0 heterocycles. The largest absolute Gasteiger partial charge is 0.354 e. The van der Waals surface area contributed by atoms with Crippen LogP contribution in [-0.4, -0.2) is 50.5 Å². The molecule has 2 rings (SSSR count). The summed E-state index contributed by atoms with van der Waals surface area (Å²) in [5.74, 6) is -0.649. The van der Waals surface area contributed by atoms with Crippen molar-refractivity contribution in [1.82, 2.24) is 10.2 Å². The number of rotatable bonds is 12. The fourth-order valence-electron chi connectivity index (χ4n) is 3.83. The second-order valence-corrected chi connectivity index (χ2v) is 10.6. The third kappa shape index (κ3) is 7.87. The Kier molecular flexibility index (Phi) is 10.1. The monoisotopic (exact) mass is 487 g/mol.